The first-order chi connectivity index (χ1) is 17.4. The van der Waals surface area contributed by atoms with Crippen molar-refractivity contribution in [3.63, 3.8) is 0 Å². The Kier molecular flexibility index (Phi) is 8.23. The molecule has 0 bridgehead atoms. The van der Waals surface area contributed by atoms with Crippen LogP contribution in [0.25, 0.3) is 0 Å². The number of nitrogens with zero attached hydrogens (tertiary/aromatic N) is 2. The van der Waals surface area contributed by atoms with Crippen LogP contribution < -0.4 is 25.0 Å². The second kappa shape index (κ2) is 11.5. The van der Waals surface area contributed by atoms with E-state index in [1.807, 2.05) is 23.1 Å². The molecule has 0 atom stereocenters. The summed E-state index contributed by atoms with van der Waals surface area (Å²) in [7, 11) is 3.12. The number of hydrogen-bond acceptors (Lipinski definition) is 5. The number of piperidine rings is 2. The first-order valence-electron chi connectivity index (χ1n) is 12.9. The van der Waals surface area contributed by atoms with Gasteiger partial charge in [-0.1, -0.05) is 13.8 Å². The first-order valence-corrected chi connectivity index (χ1v) is 12.9. The van der Waals surface area contributed by atoms with Gasteiger partial charge in [-0.05, 0) is 55.7 Å². The van der Waals surface area contributed by atoms with Crippen LogP contribution >= 0.6 is 0 Å². The molecule has 36 heavy (non-hydrogen) atoms. The van der Waals surface area contributed by atoms with Crippen molar-refractivity contribution < 1.29 is 19.1 Å². The summed E-state index contributed by atoms with van der Waals surface area (Å²) in [6.07, 6.45) is 4.27. The maximum absolute atomic E-state index is 13.6. The lowest BCUT2D eigenvalue weighted by molar-refractivity contribution is 0.0697. The van der Waals surface area contributed by atoms with Gasteiger partial charge in [-0.15, -0.1) is 0 Å². The monoisotopic (exact) mass is 494 g/mol. The van der Waals surface area contributed by atoms with E-state index in [1.165, 1.54) is 0 Å². The van der Waals surface area contributed by atoms with E-state index < -0.39 is 6.03 Å². The van der Waals surface area contributed by atoms with E-state index in [0.717, 1.165) is 57.5 Å². The van der Waals surface area contributed by atoms with E-state index >= 15 is 0 Å². The summed E-state index contributed by atoms with van der Waals surface area (Å²) in [5.74, 6) is 2.53. The van der Waals surface area contributed by atoms with E-state index in [2.05, 4.69) is 29.4 Å². The minimum atomic E-state index is -0.407. The Morgan fingerprint density at radius 3 is 1.92 bits per heavy atom. The molecule has 2 aliphatic rings. The van der Waals surface area contributed by atoms with Gasteiger partial charge in [0.2, 0.25) is 0 Å². The molecule has 2 heterocycles. The molecule has 0 aliphatic carbocycles. The smallest absolute Gasteiger partial charge is 0.323 e. The van der Waals surface area contributed by atoms with Gasteiger partial charge in [0.25, 0.3) is 5.91 Å². The second-order valence-corrected chi connectivity index (χ2v) is 10.1. The number of carbonyl (C=O) groups is 2. The van der Waals surface area contributed by atoms with Crippen LogP contribution in [-0.2, 0) is 0 Å². The normalized spacial score (nSPS) is 17.0. The fraction of sp³-hybridized carbons (Fsp3) is 0.500. The van der Waals surface area contributed by atoms with Crippen LogP contribution in [0.5, 0.6) is 11.5 Å². The first kappa shape index (κ1) is 25.7. The molecule has 0 unspecified atom stereocenters. The topological polar surface area (TPSA) is 83.1 Å². The zero-order valence-corrected chi connectivity index (χ0v) is 21.8. The standard InChI is InChI=1S/C28H38N4O4/c1-19-7-11-31(12-8-19)26-6-5-21(17-25(26)27(33)32-13-9-20(2)10-14-32)29-28(34)30-22-15-23(35-3)18-24(16-22)36-4/h5-6,15-20H,7-14H2,1-4H3,(H2,29,30,34). The zero-order chi connectivity index (χ0) is 25.7. The van der Waals surface area contributed by atoms with Crippen molar-refractivity contribution in [2.24, 2.45) is 11.8 Å². The Morgan fingerprint density at radius 2 is 1.33 bits per heavy atom. The van der Waals surface area contributed by atoms with E-state index in [9.17, 15) is 9.59 Å². The van der Waals surface area contributed by atoms with Crippen LogP contribution in [0, 0.1) is 11.8 Å². The van der Waals surface area contributed by atoms with Gasteiger partial charge in [0, 0.05) is 61.4 Å². The molecule has 2 N–H and O–H groups in total. The number of ether oxygens (including phenoxy) is 2. The van der Waals surface area contributed by atoms with Crippen LogP contribution in [0.2, 0.25) is 0 Å². The van der Waals surface area contributed by atoms with E-state index in [1.54, 1.807) is 32.4 Å². The van der Waals surface area contributed by atoms with Crippen LogP contribution in [-0.4, -0.2) is 57.2 Å². The molecule has 8 nitrogen and oxygen atoms in total. The largest absolute Gasteiger partial charge is 0.497 e. The number of carbonyl (C=O) groups excluding carboxylic acids is 2. The summed E-state index contributed by atoms with van der Waals surface area (Å²) in [4.78, 5) is 30.7. The summed E-state index contributed by atoms with van der Waals surface area (Å²) in [6.45, 7) is 7.93. The molecule has 2 aromatic rings. The van der Waals surface area contributed by atoms with Crippen molar-refractivity contribution in [3.8, 4) is 11.5 Å². The van der Waals surface area contributed by atoms with Gasteiger partial charge in [-0.25, -0.2) is 4.79 Å². The molecular formula is C28H38N4O4. The number of benzene rings is 2. The van der Waals surface area contributed by atoms with Gasteiger partial charge in [0.1, 0.15) is 11.5 Å². The summed E-state index contributed by atoms with van der Waals surface area (Å²) in [5, 5.41) is 5.71. The van der Waals surface area contributed by atoms with E-state index in [0.29, 0.717) is 40.3 Å². The summed E-state index contributed by atoms with van der Waals surface area (Å²) >= 11 is 0. The van der Waals surface area contributed by atoms with Crippen molar-refractivity contribution in [1.82, 2.24) is 4.90 Å². The maximum Gasteiger partial charge on any atom is 0.323 e. The third kappa shape index (κ3) is 6.22. The van der Waals surface area contributed by atoms with Crippen LogP contribution in [0.4, 0.5) is 21.9 Å². The molecule has 2 fully saturated rings. The van der Waals surface area contributed by atoms with Gasteiger partial charge in [-0.3, -0.25) is 4.79 Å². The van der Waals surface area contributed by atoms with Crippen molar-refractivity contribution in [3.05, 3.63) is 42.0 Å². The quantitative estimate of drug-likeness (QED) is 0.558. The Balaban J connectivity index is 1.55. The Morgan fingerprint density at radius 1 is 0.778 bits per heavy atom. The number of hydrogen-bond donors (Lipinski definition) is 2. The fourth-order valence-electron chi connectivity index (χ4n) is 4.87. The summed E-state index contributed by atoms with van der Waals surface area (Å²) in [5.41, 5.74) is 2.72. The summed E-state index contributed by atoms with van der Waals surface area (Å²) < 4.78 is 10.6. The maximum atomic E-state index is 13.6. The highest BCUT2D eigenvalue weighted by atomic mass is 16.5. The number of methoxy groups -OCH3 is 2. The second-order valence-electron chi connectivity index (χ2n) is 10.1. The van der Waals surface area contributed by atoms with Crippen LogP contribution in [0.15, 0.2) is 36.4 Å². The molecule has 0 aromatic heterocycles. The molecule has 3 amide bonds. The number of likely N-dealkylation sites (tertiary alicyclic amines) is 1. The average Bonchev–Trinajstić information content (AvgIpc) is 2.89. The fourth-order valence-corrected chi connectivity index (χ4v) is 4.87. The number of urea groups is 1. The highest BCUT2D eigenvalue weighted by molar-refractivity contribution is 6.04. The van der Waals surface area contributed by atoms with Gasteiger partial charge in [-0.2, -0.15) is 0 Å². The van der Waals surface area contributed by atoms with Gasteiger partial charge in [0.15, 0.2) is 0 Å². The summed E-state index contributed by atoms with van der Waals surface area (Å²) in [6, 6.07) is 10.4. The Hall–Kier alpha value is -3.42. The molecule has 2 aromatic carbocycles. The lowest BCUT2D eigenvalue weighted by atomic mass is 9.96. The molecule has 2 saturated heterocycles. The van der Waals surface area contributed by atoms with Crippen molar-refractivity contribution in [2.75, 3.05) is 55.9 Å². The van der Waals surface area contributed by atoms with Crippen LogP contribution in [0.1, 0.15) is 49.9 Å². The number of nitrogens with one attached hydrogen (secondary N) is 2. The Bertz CT molecular complexity index is 1050. The molecule has 0 radical (unpaired) electrons. The molecule has 2 aliphatic heterocycles. The number of anilines is 3. The minimum Gasteiger partial charge on any atom is -0.497 e. The average molecular weight is 495 g/mol. The minimum absolute atomic E-state index is 0.0390. The van der Waals surface area contributed by atoms with Gasteiger partial charge in [0.05, 0.1) is 19.8 Å². The van der Waals surface area contributed by atoms with Crippen molar-refractivity contribution in [2.45, 2.75) is 39.5 Å². The molecule has 194 valence electrons. The van der Waals surface area contributed by atoms with Crippen molar-refractivity contribution >= 4 is 29.0 Å². The molecular weight excluding hydrogens is 456 g/mol. The third-order valence-corrected chi connectivity index (χ3v) is 7.29. The van der Waals surface area contributed by atoms with E-state index in [4.69, 9.17) is 9.47 Å². The van der Waals surface area contributed by atoms with Crippen molar-refractivity contribution in [1.29, 1.82) is 0 Å². The highest BCUT2D eigenvalue weighted by Crippen LogP contribution is 2.31. The van der Waals surface area contributed by atoms with Gasteiger partial charge < -0.3 is 29.9 Å². The third-order valence-electron chi connectivity index (χ3n) is 7.29. The highest BCUT2D eigenvalue weighted by Gasteiger charge is 2.27. The van der Waals surface area contributed by atoms with Crippen LogP contribution in [0.3, 0.4) is 0 Å². The number of amides is 3. The molecule has 4 rings (SSSR count). The predicted molar refractivity (Wildman–Crippen MR) is 144 cm³/mol. The lowest BCUT2D eigenvalue weighted by Crippen LogP contribution is -2.40. The molecule has 0 spiro atoms. The predicted octanol–water partition coefficient (Wildman–Crippen LogP) is 5.46. The van der Waals surface area contributed by atoms with E-state index in [-0.39, 0.29) is 5.91 Å². The van der Waals surface area contributed by atoms with Gasteiger partial charge >= 0.3 is 6.03 Å². The number of rotatable bonds is 6. The zero-order valence-electron chi connectivity index (χ0n) is 21.8. The SMILES string of the molecule is COc1cc(NC(=O)Nc2ccc(N3CCC(C)CC3)c(C(=O)N3CCC(C)CC3)c2)cc(OC)c1. The Labute approximate surface area is 213 Å². The lowest BCUT2D eigenvalue weighted by Gasteiger charge is -2.35. The molecule has 8 heteroatoms. The molecule has 0 saturated carbocycles.